The minimum atomic E-state index is -2.39. The van der Waals surface area contributed by atoms with Gasteiger partial charge in [0.05, 0.1) is 0 Å². The first kappa shape index (κ1) is 16.9. The van der Waals surface area contributed by atoms with Crippen molar-refractivity contribution in [3.05, 3.63) is 60.7 Å². The predicted molar refractivity (Wildman–Crippen MR) is 97.2 cm³/mol. The highest BCUT2D eigenvalue weighted by molar-refractivity contribution is 6.99. The van der Waals surface area contributed by atoms with Crippen LogP contribution in [0.3, 0.4) is 0 Å². The highest BCUT2D eigenvalue weighted by Gasteiger charge is 2.50. The quantitative estimate of drug-likeness (QED) is 0.862. The van der Waals surface area contributed by atoms with Gasteiger partial charge in [-0.25, -0.2) is 0 Å². The first-order chi connectivity index (χ1) is 10.4. The van der Waals surface area contributed by atoms with Crippen molar-refractivity contribution < 1.29 is 4.43 Å². The van der Waals surface area contributed by atoms with Gasteiger partial charge in [-0.3, -0.25) is 0 Å². The lowest BCUT2D eigenvalue weighted by Gasteiger charge is -2.43. The molecule has 0 radical (unpaired) electrons. The maximum absolute atomic E-state index is 6.64. The van der Waals surface area contributed by atoms with Gasteiger partial charge in [-0.2, -0.15) is 0 Å². The molecule has 0 saturated heterocycles. The van der Waals surface area contributed by atoms with Crippen LogP contribution in [-0.2, 0) is 4.43 Å². The van der Waals surface area contributed by atoms with Crippen LogP contribution >= 0.6 is 0 Å². The van der Waals surface area contributed by atoms with Gasteiger partial charge in [-0.05, 0) is 22.3 Å². The third-order valence-electron chi connectivity index (χ3n) is 3.98. The molecule has 2 aromatic rings. The average molecular weight is 314 g/mol. The molecule has 22 heavy (non-hydrogen) atoms. The van der Waals surface area contributed by atoms with Gasteiger partial charge in [0.15, 0.2) is 0 Å². The fraction of sp³-hybridized carbons (Fsp3) is 0.368. The van der Waals surface area contributed by atoms with Crippen LogP contribution in [0.4, 0.5) is 0 Å². The summed E-state index contributed by atoms with van der Waals surface area (Å²) in [6.07, 6.45) is 0. The van der Waals surface area contributed by atoms with Gasteiger partial charge in [-0.15, -0.1) is 0 Å². The second-order valence-corrected chi connectivity index (χ2v) is 11.3. The molecule has 0 aliphatic rings. The van der Waals surface area contributed by atoms with E-state index in [1.54, 1.807) is 0 Å². The van der Waals surface area contributed by atoms with Crippen molar-refractivity contribution in [2.24, 2.45) is 5.73 Å². The Bertz CT molecular complexity index is 536. The predicted octanol–water partition coefficient (Wildman–Crippen LogP) is 2.91. The van der Waals surface area contributed by atoms with Crippen LogP contribution in [0, 0.1) is 0 Å². The number of hydrogen-bond donors (Lipinski definition) is 1. The third kappa shape index (κ3) is 3.32. The van der Waals surface area contributed by atoms with E-state index in [1.807, 2.05) is 6.92 Å². The average Bonchev–Trinajstić information content (AvgIpc) is 2.48. The molecule has 0 fully saturated rings. The first-order valence-electron chi connectivity index (χ1n) is 7.88. The molecule has 0 bridgehead atoms. The van der Waals surface area contributed by atoms with E-state index in [0.717, 1.165) is 0 Å². The molecule has 2 aromatic carbocycles. The lowest BCUT2D eigenvalue weighted by Crippen LogP contribution is -2.67. The van der Waals surface area contributed by atoms with E-state index in [-0.39, 0.29) is 11.1 Å². The van der Waals surface area contributed by atoms with Crippen LogP contribution in [0.5, 0.6) is 0 Å². The summed E-state index contributed by atoms with van der Waals surface area (Å²) in [5.74, 6) is 0. The topological polar surface area (TPSA) is 35.2 Å². The second-order valence-electron chi connectivity index (χ2n) is 6.95. The van der Waals surface area contributed by atoms with Crippen LogP contribution in [0.15, 0.2) is 60.7 Å². The Morgan fingerprint density at radius 1 is 0.909 bits per heavy atom. The molecule has 0 spiro atoms. The molecule has 0 aliphatic carbocycles. The maximum atomic E-state index is 6.64. The molecule has 0 heterocycles. The molecule has 0 aromatic heterocycles. The van der Waals surface area contributed by atoms with Crippen molar-refractivity contribution in [2.75, 3.05) is 6.61 Å². The fourth-order valence-corrected chi connectivity index (χ4v) is 7.69. The van der Waals surface area contributed by atoms with E-state index in [4.69, 9.17) is 10.2 Å². The number of nitrogens with two attached hydrogens (primary N) is 1. The summed E-state index contributed by atoms with van der Waals surface area (Å²) in [5, 5.41) is 2.62. The summed E-state index contributed by atoms with van der Waals surface area (Å²) < 4.78 is 6.64. The molecule has 2 rings (SSSR count). The van der Waals surface area contributed by atoms with Crippen LogP contribution in [0.2, 0.25) is 5.04 Å². The zero-order chi connectivity index (χ0) is 16.2. The number of hydrogen-bond acceptors (Lipinski definition) is 2. The van der Waals surface area contributed by atoms with Gasteiger partial charge in [0.25, 0.3) is 8.32 Å². The molecule has 0 amide bonds. The highest BCUT2D eigenvalue weighted by atomic mass is 28.4. The van der Waals surface area contributed by atoms with Gasteiger partial charge in [0.1, 0.15) is 0 Å². The van der Waals surface area contributed by atoms with Crippen molar-refractivity contribution in [3.63, 3.8) is 0 Å². The zero-order valence-corrected chi connectivity index (χ0v) is 15.0. The molecule has 2 N–H and O–H groups in total. The number of rotatable bonds is 5. The van der Waals surface area contributed by atoms with Crippen molar-refractivity contribution in [3.8, 4) is 0 Å². The van der Waals surface area contributed by atoms with E-state index in [1.165, 1.54) is 10.4 Å². The highest BCUT2D eigenvalue weighted by Crippen LogP contribution is 2.36. The Balaban J connectivity index is 2.64. The van der Waals surface area contributed by atoms with Gasteiger partial charge < -0.3 is 10.2 Å². The van der Waals surface area contributed by atoms with E-state index in [2.05, 4.69) is 81.4 Å². The molecule has 1 atom stereocenters. The standard InChI is InChI=1S/C19H27NOSi/c1-16(20)15-21-22(19(2,3)4,17-11-7-5-8-12-17)18-13-9-6-10-14-18/h5-14,16H,15,20H2,1-4H3/t16-/m0/s1. The lowest BCUT2D eigenvalue weighted by atomic mass is 10.2. The maximum Gasteiger partial charge on any atom is 0.261 e. The summed E-state index contributed by atoms with van der Waals surface area (Å²) in [5.41, 5.74) is 6.00. The lowest BCUT2D eigenvalue weighted by molar-refractivity contribution is 0.278. The minimum absolute atomic E-state index is 0.0184. The van der Waals surface area contributed by atoms with E-state index >= 15 is 0 Å². The molecule has 0 aliphatic heterocycles. The van der Waals surface area contributed by atoms with Gasteiger partial charge >= 0.3 is 0 Å². The summed E-state index contributed by atoms with van der Waals surface area (Å²) in [7, 11) is -2.39. The summed E-state index contributed by atoms with van der Waals surface area (Å²) >= 11 is 0. The molecule has 0 saturated carbocycles. The van der Waals surface area contributed by atoms with Crippen LogP contribution in [0.25, 0.3) is 0 Å². The molecule has 3 heteroatoms. The Kier molecular flexibility index (Phi) is 5.22. The van der Waals surface area contributed by atoms with Crippen LogP contribution < -0.4 is 16.1 Å². The molecule has 0 unspecified atom stereocenters. The SMILES string of the molecule is C[C@H](N)CO[Si](c1ccccc1)(c1ccccc1)C(C)(C)C. The Hall–Kier alpha value is -1.42. The smallest absolute Gasteiger partial charge is 0.261 e. The summed E-state index contributed by atoms with van der Waals surface area (Å²) in [6, 6.07) is 21.3. The Morgan fingerprint density at radius 3 is 1.64 bits per heavy atom. The first-order valence-corrected chi connectivity index (χ1v) is 9.79. The normalized spacial score (nSPS) is 13.9. The Labute approximate surface area is 135 Å². The van der Waals surface area contributed by atoms with E-state index in [9.17, 15) is 0 Å². The van der Waals surface area contributed by atoms with Crippen LogP contribution in [-0.4, -0.2) is 21.0 Å². The second kappa shape index (κ2) is 6.78. The molecule has 2 nitrogen and oxygen atoms in total. The monoisotopic (exact) mass is 313 g/mol. The number of benzene rings is 2. The zero-order valence-electron chi connectivity index (χ0n) is 14.0. The van der Waals surface area contributed by atoms with Crippen molar-refractivity contribution >= 4 is 18.7 Å². The van der Waals surface area contributed by atoms with Crippen molar-refractivity contribution in [1.82, 2.24) is 0 Å². The van der Waals surface area contributed by atoms with Crippen molar-refractivity contribution in [2.45, 2.75) is 38.8 Å². The Morgan fingerprint density at radius 2 is 1.32 bits per heavy atom. The third-order valence-corrected chi connectivity index (χ3v) is 8.98. The molecule has 118 valence electrons. The summed E-state index contributed by atoms with van der Waals surface area (Å²) in [4.78, 5) is 0. The minimum Gasteiger partial charge on any atom is -0.406 e. The summed E-state index contributed by atoms with van der Waals surface area (Å²) in [6.45, 7) is 9.41. The van der Waals surface area contributed by atoms with Crippen molar-refractivity contribution in [1.29, 1.82) is 0 Å². The largest absolute Gasteiger partial charge is 0.406 e. The molecular weight excluding hydrogens is 286 g/mol. The molecular formula is C19H27NOSi. The fourth-order valence-electron chi connectivity index (χ4n) is 3.02. The van der Waals surface area contributed by atoms with E-state index in [0.29, 0.717) is 6.61 Å². The van der Waals surface area contributed by atoms with Gasteiger partial charge in [0, 0.05) is 12.6 Å². The van der Waals surface area contributed by atoms with Gasteiger partial charge in [-0.1, -0.05) is 81.4 Å². The van der Waals surface area contributed by atoms with E-state index < -0.39 is 8.32 Å². The van der Waals surface area contributed by atoms with Gasteiger partial charge in [0.2, 0.25) is 0 Å². The van der Waals surface area contributed by atoms with Crippen LogP contribution in [0.1, 0.15) is 27.7 Å².